The van der Waals surface area contributed by atoms with Crippen LogP contribution in [0.5, 0.6) is 0 Å². The van der Waals surface area contributed by atoms with E-state index in [4.69, 9.17) is 14.2 Å². The first-order chi connectivity index (χ1) is 15.4. The van der Waals surface area contributed by atoms with Gasteiger partial charge < -0.3 is 14.6 Å². The summed E-state index contributed by atoms with van der Waals surface area (Å²) in [6.07, 6.45) is 0. The fraction of sp³-hybridized carbons (Fsp3) is 0.318. The number of nitrogens with zero attached hydrogens (tertiary/aromatic N) is 4. The van der Waals surface area contributed by atoms with Crippen LogP contribution in [-0.2, 0) is 23.8 Å². The lowest BCUT2D eigenvalue weighted by atomic mass is 9.96. The SMILES string of the molecule is CCOC(=O)[C@]1(O)O[C@@](C(=O)OCC)(C(N=[N+]=[N-])c2ccccc2)N=C1c1ccccc1. The molecule has 3 atom stereocenters. The van der Waals surface area contributed by atoms with E-state index in [1.54, 1.807) is 74.5 Å². The second-order valence-electron chi connectivity index (χ2n) is 6.73. The molecule has 1 aliphatic rings. The van der Waals surface area contributed by atoms with Crippen molar-refractivity contribution in [3.05, 3.63) is 82.2 Å². The van der Waals surface area contributed by atoms with E-state index in [9.17, 15) is 20.2 Å². The molecule has 0 aliphatic carbocycles. The molecule has 1 heterocycles. The van der Waals surface area contributed by atoms with Crippen molar-refractivity contribution < 1.29 is 28.9 Å². The van der Waals surface area contributed by atoms with Gasteiger partial charge in [-0.2, -0.15) is 0 Å². The van der Waals surface area contributed by atoms with Crippen LogP contribution in [0.4, 0.5) is 0 Å². The number of carbonyl (C=O) groups excluding carboxylic acids is 2. The van der Waals surface area contributed by atoms with Crippen LogP contribution in [0.25, 0.3) is 10.4 Å². The highest BCUT2D eigenvalue weighted by atomic mass is 16.7. The third-order valence-corrected chi connectivity index (χ3v) is 4.72. The zero-order chi connectivity index (χ0) is 23.2. The van der Waals surface area contributed by atoms with Gasteiger partial charge in [-0.15, -0.1) is 0 Å². The van der Waals surface area contributed by atoms with Crippen LogP contribution in [0.3, 0.4) is 0 Å². The van der Waals surface area contributed by atoms with E-state index in [1.807, 2.05) is 0 Å². The van der Waals surface area contributed by atoms with Crippen LogP contribution < -0.4 is 0 Å². The molecule has 0 fully saturated rings. The van der Waals surface area contributed by atoms with Gasteiger partial charge in [-0.3, -0.25) is 4.74 Å². The summed E-state index contributed by atoms with van der Waals surface area (Å²) in [5.74, 6) is -4.95. The summed E-state index contributed by atoms with van der Waals surface area (Å²) < 4.78 is 15.9. The molecule has 2 aromatic rings. The molecule has 1 aliphatic heterocycles. The Morgan fingerprint density at radius 1 is 1.06 bits per heavy atom. The first-order valence-electron chi connectivity index (χ1n) is 9.94. The summed E-state index contributed by atoms with van der Waals surface area (Å²) in [6.45, 7) is 3.03. The average Bonchev–Trinajstić information content (AvgIpc) is 3.14. The quantitative estimate of drug-likeness (QED) is 0.290. The highest BCUT2D eigenvalue weighted by Crippen LogP contribution is 2.44. The van der Waals surface area contributed by atoms with E-state index in [2.05, 4.69) is 15.0 Å². The zero-order valence-electron chi connectivity index (χ0n) is 17.5. The van der Waals surface area contributed by atoms with Crippen LogP contribution in [-0.4, -0.2) is 47.5 Å². The normalized spacial score (nSPS) is 22.9. The Labute approximate surface area is 184 Å². The smallest absolute Gasteiger partial charge is 0.373 e. The molecule has 0 saturated heterocycles. The maximum Gasteiger partial charge on any atom is 0.373 e. The van der Waals surface area contributed by atoms with E-state index in [-0.39, 0.29) is 18.9 Å². The lowest BCUT2D eigenvalue weighted by Gasteiger charge is -2.32. The summed E-state index contributed by atoms with van der Waals surface area (Å²) in [6, 6.07) is 15.1. The Hall–Kier alpha value is -3.72. The molecule has 3 rings (SSSR count). The number of hydrogen-bond acceptors (Lipinski definition) is 8. The minimum atomic E-state index is -2.75. The lowest BCUT2D eigenvalue weighted by Crippen LogP contribution is -2.53. The maximum atomic E-state index is 13.2. The third-order valence-electron chi connectivity index (χ3n) is 4.72. The van der Waals surface area contributed by atoms with Crippen molar-refractivity contribution in [3.8, 4) is 0 Å². The number of esters is 2. The molecule has 0 aromatic heterocycles. The number of benzene rings is 2. The van der Waals surface area contributed by atoms with Crippen molar-refractivity contribution in [1.29, 1.82) is 0 Å². The predicted molar refractivity (Wildman–Crippen MR) is 113 cm³/mol. The van der Waals surface area contributed by atoms with Crippen molar-refractivity contribution in [2.24, 2.45) is 10.1 Å². The molecular formula is C22H22N4O6. The van der Waals surface area contributed by atoms with E-state index in [0.29, 0.717) is 11.1 Å². The van der Waals surface area contributed by atoms with Crippen molar-refractivity contribution >= 4 is 17.7 Å². The summed E-state index contributed by atoms with van der Waals surface area (Å²) in [5, 5.41) is 15.1. The van der Waals surface area contributed by atoms with Crippen molar-refractivity contribution in [2.75, 3.05) is 13.2 Å². The molecule has 0 bridgehead atoms. The largest absolute Gasteiger partial charge is 0.462 e. The van der Waals surface area contributed by atoms with Gasteiger partial charge in [-0.25, -0.2) is 14.6 Å². The number of carbonyl (C=O) groups is 2. The summed E-state index contributed by atoms with van der Waals surface area (Å²) in [7, 11) is 0. The maximum absolute atomic E-state index is 13.2. The molecule has 0 spiro atoms. The highest BCUT2D eigenvalue weighted by Gasteiger charge is 2.64. The molecule has 166 valence electrons. The van der Waals surface area contributed by atoms with Crippen molar-refractivity contribution in [2.45, 2.75) is 31.4 Å². The Morgan fingerprint density at radius 2 is 1.62 bits per heavy atom. The highest BCUT2D eigenvalue weighted by molar-refractivity contribution is 6.19. The molecule has 0 radical (unpaired) electrons. The summed E-state index contributed by atoms with van der Waals surface area (Å²) in [5.41, 5.74) is 7.27. The average molecular weight is 438 g/mol. The van der Waals surface area contributed by atoms with Crippen LogP contribution in [0.1, 0.15) is 31.0 Å². The Morgan fingerprint density at radius 3 is 2.19 bits per heavy atom. The standard InChI is InChI=1S/C22H22N4O6/c1-3-30-19(27)21(17(25-26-23)15-11-7-5-8-12-15)24-18(16-13-9-6-10-14-16)22(29,32-21)20(28)31-4-2/h5-14,17,29H,3-4H2,1-2H3/t17?,21-,22-/m1/s1. The fourth-order valence-electron chi connectivity index (χ4n) is 3.37. The number of azide groups is 1. The second-order valence-corrected chi connectivity index (χ2v) is 6.73. The predicted octanol–water partition coefficient (Wildman–Crippen LogP) is 3.07. The second kappa shape index (κ2) is 9.61. The number of rotatable bonds is 8. The first-order valence-corrected chi connectivity index (χ1v) is 9.94. The van der Waals surface area contributed by atoms with E-state index in [1.165, 1.54) is 0 Å². The monoisotopic (exact) mass is 438 g/mol. The van der Waals surface area contributed by atoms with Crippen LogP contribution >= 0.6 is 0 Å². The summed E-state index contributed by atoms with van der Waals surface area (Å²) in [4.78, 5) is 33.2. The van der Waals surface area contributed by atoms with Gasteiger partial charge in [-0.1, -0.05) is 65.8 Å². The molecule has 10 nitrogen and oxygen atoms in total. The van der Waals surface area contributed by atoms with Gasteiger partial charge in [0.15, 0.2) is 0 Å². The number of aliphatic imine (C=N–C) groups is 1. The van der Waals surface area contributed by atoms with Gasteiger partial charge in [-0.05, 0) is 24.9 Å². The van der Waals surface area contributed by atoms with Gasteiger partial charge >= 0.3 is 17.7 Å². The minimum Gasteiger partial charge on any atom is -0.462 e. The van der Waals surface area contributed by atoms with Crippen molar-refractivity contribution in [1.82, 2.24) is 0 Å². The third kappa shape index (κ3) is 4.06. The van der Waals surface area contributed by atoms with Gasteiger partial charge in [0.25, 0.3) is 5.72 Å². The molecular weight excluding hydrogens is 416 g/mol. The number of aliphatic hydroxyl groups is 1. The van der Waals surface area contributed by atoms with Crippen LogP contribution in [0, 0.1) is 0 Å². The van der Waals surface area contributed by atoms with E-state index >= 15 is 0 Å². The number of ether oxygens (including phenoxy) is 3. The molecule has 1 N–H and O–H groups in total. The number of hydrogen-bond donors (Lipinski definition) is 1. The zero-order valence-corrected chi connectivity index (χ0v) is 17.5. The van der Waals surface area contributed by atoms with Gasteiger partial charge in [0.2, 0.25) is 0 Å². The molecule has 1 unspecified atom stereocenters. The topological polar surface area (TPSA) is 143 Å². The van der Waals surface area contributed by atoms with Crippen LogP contribution in [0.2, 0.25) is 0 Å². The lowest BCUT2D eigenvalue weighted by molar-refractivity contribution is -0.235. The Kier molecular flexibility index (Phi) is 6.89. The van der Waals surface area contributed by atoms with Gasteiger partial charge in [0, 0.05) is 10.5 Å². The molecule has 2 aromatic carbocycles. The summed E-state index contributed by atoms with van der Waals surface area (Å²) >= 11 is 0. The van der Waals surface area contributed by atoms with Gasteiger partial charge in [0.1, 0.15) is 11.8 Å². The van der Waals surface area contributed by atoms with E-state index < -0.39 is 29.5 Å². The van der Waals surface area contributed by atoms with Crippen molar-refractivity contribution in [3.63, 3.8) is 0 Å². The first kappa shape index (κ1) is 23.0. The van der Waals surface area contributed by atoms with E-state index in [0.717, 1.165) is 0 Å². The molecule has 0 amide bonds. The fourth-order valence-corrected chi connectivity index (χ4v) is 3.37. The Balaban J connectivity index is 2.29. The minimum absolute atomic E-state index is 0.0459. The molecule has 0 saturated carbocycles. The van der Waals surface area contributed by atoms with Crippen LogP contribution in [0.15, 0.2) is 70.8 Å². The Bertz CT molecular complexity index is 1050. The molecule has 10 heteroatoms. The molecule has 32 heavy (non-hydrogen) atoms. The van der Waals surface area contributed by atoms with Gasteiger partial charge in [0.05, 0.1) is 13.2 Å².